The number of nitrogens with two attached hydrogens (primary N) is 1. The predicted octanol–water partition coefficient (Wildman–Crippen LogP) is 1.19. The molecule has 116 valence electrons. The highest BCUT2D eigenvalue weighted by Crippen LogP contribution is 2.18. The van der Waals surface area contributed by atoms with E-state index < -0.39 is 10.0 Å². The Morgan fingerprint density at radius 2 is 1.90 bits per heavy atom. The van der Waals surface area contributed by atoms with Crippen molar-refractivity contribution in [2.24, 2.45) is 11.7 Å². The molecule has 21 heavy (non-hydrogen) atoms. The first-order valence-electron chi connectivity index (χ1n) is 6.28. The van der Waals surface area contributed by atoms with Crippen LogP contribution in [-0.4, -0.2) is 37.2 Å². The van der Waals surface area contributed by atoms with E-state index >= 15 is 0 Å². The zero-order valence-corrected chi connectivity index (χ0v) is 13.8. The van der Waals surface area contributed by atoms with E-state index in [0.29, 0.717) is 5.69 Å². The van der Waals surface area contributed by atoms with Gasteiger partial charge < -0.3 is 11.1 Å². The highest BCUT2D eigenvalue weighted by molar-refractivity contribution is 7.89. The molecule has 1 atom stereocenters. The van der Waals surface area contributed by atoms with E-state index in [4.69, 9.17) is 18.0 Å². The zero-order chi connectivity index (χ0) is 16.2. The number of carbonyl (C=O) groups is 1. The standard InChI is InChI=1S/C13H19N3O3S2/c1-9(13(14)20)8-16(3)21(18,19)12-6-4-11(5-7-12)15-10(2)17/h4-7,9H,8H2,1-3H3,(H2,14,20)(H,15,17). The van der Waals surface area contributed by atoms with Crippen molar-refractivity contribution in [2.75, 3.05) is 18.9 Å². The highest BCUT2D eigenvalue weighted by atomic mass is 32.2. The molecule has 1 rings (SSSR count). The summed E-state index contributed by atoms with van der Waals surface area (Å²) in [6, 6.07) is 5.98. The summed E-state index contributed by atoms with van der Waals surface area (Å²) in [7, 11) is -2.13. The van der Waals surface area contributed by atoms with Gasteiger partial charge in [0.15, 0.2) is 0 Å². The van der Waals surface area contributed by atoms with E-state index in [0.717, 1.165) is 0 Å². The fourth-order valence-corrected chi connectivity index (χ4v) is 3.00. The van der Waals surface area contributed by atoms with Crippen LogP contribution in [-0.2, 0) is 14.8 Å². The molecule has 1 aromatic carbocycles. The van der Waals surface area contributed by atoms with Crippen LogP contribution in [0.1, 0.15) is 13.8 Å². The Bertz CT molecular complexity index is 627. The van der Waals surface area contributed by atoms with Crippen LogP contribution < -0.4 is 11.1 Å². The Kier molecular flexibility index (Phi) is 5.82. The third kappa shape index (κ3) is 4.76. The highest BCUT2D eigenvalue weighted by Gasteiger charge is 2.23. The number of rotatable bonds is 6. The lowest BCUT2D eigenvalue weighted by molar-refractivity contribution is -0.114. The number of hydrogen-bond donors (Lipinski definition) is 2. The lowest BCUT2D eigenvalue weighted by atomic mass is 10.2. The molecule has 0 radical (unpaired) electrons. The number of nitrogens with one attached hydrogen (secondary N) is 1. The van der Waals surface area contributed by atoms with Crippen molar-refractivity contribution in [3.63, 3.8) is 0 Å². The summed E-state index contributed by atoms with van der Waals surface area (Å²) in [6.07, 6.45) is 0. The maximum Gasteiger partial charge on any atom is 0.242 e. The molecule has 0 aromatic heterocycles. The van der Waals surface area contributed by atoms with E-state index in [9.17, 15) is 13.2 Å². The predicted molar refractivity (Wildman–Crippen MR) is 86.5 cm³/mol. The van der Waals surface area contributed by atoms with E-state index in [1.54, 1.807) is 19.1 Å². The second-order valence-electron chi connectivity index (χ2n) is 4.79. The largest absolute Gasteiger partial charge is 0.393 e. The minimum atomic E-state index is -3.61. The summed E-state index contributed by atoms with van der Waals surface area (Å²) in [4.78, 5) is 11.4. The van der Waals surface area contributed by atoms with Gasteiger partial charge in [0.1, 0.15) is 0 Å². The molecule has 0 spiro atoms. The summed E-state index contributed by atoms with van der Waals surface area (Å²) in [5.74, 6) is -0.425. The number of hydrogen-bond acceptors (Lipinski definition) is 4. The van der Waals surface area contributed by atoms with Gasteiger partial charge >= 0.3 is 0 Å². The monoisotopic (exact) mass is 329 g/mol. The summed E-state index contributed by atoms with van der Waals surface area (Å²) in [5, 5.41) is 2.58. The molecule has 0 aliphatic carbocycles. The zero-order valence-electron chi connectivity index (χ0n) is 12.2. The molecule has 0 aliphatic heterocycles. The fraction of sp³-hybridized carbons (Fsp3) is 0.385. The Labute approximate surface area is 130 Å². The molecule has 6 nitrogen and oxygen atoms in total. The summed E-state index contributed by atoms with van der Waals surface area (Å²) >= 11 is 4.85. The lowest BCUT2D eigenvalue weighted by Gasteiger charge is -2.20. The molecule has 8 heteroatoms. The molecule has 0 bridgehead atoms. The summed E-state index contributed by atoms with van der Waals surface area (Å²) in [5.41, 5.74) is 6.04. The first-order chi connectivity index (χ1) is 9.64. The third-order valence-electron chi connectivity index (χ3n) is 2.90. The van der Waals surface area contributed by atoms with Gasteiger partial charge in [0.2, 0.25) is 15.9 Å². The first kappa shape index (κ1) is 17.5. The average molecular weight is 329 g/mol. The fourth-order valence-electron chi connectivity index (χ4n) is 1.67. The van der Waals surface area contributed by atoms with Crippen molar-refractivity contribution in [1.29, 1.82) is 0 Å². The quantitative estimate of drug-likeness (QED) is 0.765. The summed E-state index contributed by atoms with van der Waals surface area (Å²) in [6.45, 7) is 3.37. The van der Waals surface area contributed by atoms with Gasteiger partial charge in [-0.2, -0.15) is 0 Å². The normalized spacial score (nSPS) is 13.0. The van der Waals surface area contributed by atoms with Crippen molar-refractivity contribution in [1.82, 2.24) is 4.31 Å². The number of anilines is 1. The van der Waals surface area contributed by atoms with E-state index in [2.05, 4.69) is 5.32 Å². The van der Waals surface area contributed by atoms with Crippen LogP contribution in [0.5, 0.6) is 0 Å². The number of carbonyl (C=O) groups excluding carboxylic acids is 1. The maximum absolute atomic E-state index is 12.4. The number of sulfonamides is 1. The van der Waals surface area contributed by atoms with Gasteiger partial charge in [-0.05, 0) is 24.3 Å². The Morgan fingerprint density at radius 1 is 1.38 bits per heavy atom. The maximum atomic E-state index is 12.4. The van der Waals surface area contributed by atoms with Gasteiger partial charge in [0.25, 0.3) is 0 Å². The lowest BCUT2D eigenvalue weighted by Crippen LogP contribution is -2.35. The number of benzene rings is 1. The third-order valence-corrected chi connectivity index (χ3v) is 5.14. The number of thiocarbonyl (C=S) groups is 1. The van der Waals surface area contributed by atoms with E-state index in [1.807, 2.05) is 0 Å². The Hall–Kier alpha value is -1.51. The topological polar surface area (TPSA) is 92.5 Å². The van der Waals surface area contributed by atoms with Crippen molar-refractivity contribution in [2.45, 2.75) is 18.7 Å². The Morgan fingerprint density at radius 3 is 2.33 bits per heavy atom. The van der Waals surface area contributed by atoms with Crippen LogP contribution in [0.4, 0.5) is 5.69 Å². The molecule has 1 amide bonds. The average Bonchev–Trinajstić information content (AvgIpc) is 2.38. The van der Waals surface area contributed by atoms with Crippen molar-refractivity contribution >= 4 is 38.8 Å². The summed E-state index contributed by atoms with van der Waals surface area (Å²) < 4.78 is 26.0. The Balaban J connectivity index is 2.92. The van der Waals surface area contributed by atoms with Crippen LogP contribution >= 0.6 is 12.2 Å². The van der Waals surface area contributed by atoms with Gasteiger partial charge in [0, 0.05) is 32.1 Å². The molecule has 3 N–H and O–H groups in total. The molecule has 0 saturated carbocycles. The molecular formula is C13H19N3O3S2. The number of nitrogens with zero attached hydrogens (tertiary/aromatic N) is 1. The molecule has 0 heterocycles. The van der Waals surface area contributed by atoms with E-state index in [-0.39, 0.29) is 28.3 Å². The van der Waals surface area contributed by atoms with Crippen LogP contribution in [0.25, 0.3) is 0 Å². The van der Waals surface area contributed by atoms with Crippen LogP contribution in [0.3, 0.4) is 0 Å². The second-order valence-corrected chi connectivity index (χ2v) is 7.31. The molecule has 1 unspecified atom stereocenters. The number of amides is 1. The molecule has 1 aromatic rings. The molecular weight excluding hydrogens is 310 g/mol. The minimum Gasteiger partial charge on any atom is -0.393 e. The van der Waals surface area contributed by atoms with Crippen LogP contribution in [0.15, 0.2) is 29.2 Å². The first-order valence-corrected chi connectivity index (χ1v) is 8.12. The van der Waals surface area contributed by atoms with Gasteiger partial charge in [-0.25, -0.2) is 12.7 Å². The van der Waals surface area contributed by atoms with E-state index in [1.165, 1.54) is 30.4 Å². The molecule has 0 fully saturated rings. The van der Waals surface area contributed by atoms with Gasteiger partial charge in [-0.3, -0.25) is 4.79 Å². The van der Waals surface area contributed by atoms with Crippen molar-refractivity contribution < 1.29 is 13.2 Å². The van der Waals surface area contributed by atoms with Gasteiger partial charge in [-0.15, -0.1) is 0 Å². The molecule has 0 saturated heterocycles. The molecule has 0 aliphatic rings. The van der Waals surface area contributed by atoms with Crippen molar-refractivity contribution in [3.05, 3.63) is 24.3 Å². The minimum absolute atomic E-state index is 0.147. The van der Waals surface area contributed by atoms with Crippen molar-refractivity contribution in [3.8, 4) is 0 Å². The van der Waals surface area contributed by atoms with Crippen LogP contribution in [0, 0.1) is 5.92 Å². The smallest absolute Gasteiger partial charge is 0.242 e. The van der Waals surface area contributed by atoms with Crippen LogP contribution in [0.2, 0.25) is 0 Å². The van der Waals surface area contributed by atoms with Gasteiger partial charge in [-0.1, -0.05) is 19.1 Å². The SMILES string of the molecule is CC(=O)Nc1ccc(S(=O)(=O)N(C)CC(C)C(N)=S)cc1. The second kappa shape index (κ2) is 6.97. The van der Waals surface area contributed by atoms with Gasteiger partial charge in [0.05, 0.1) is 9.88 Å².